The first kappa shape index (κ1) is 9.46. The summed E-state index contributed by atoms with van der Waals surface area (Å²) in [6, 6.07) is 6.39. The lowest BCUT2D eigenvalue weighted by atomic mass is 10.1. The van der Waals surface area contributed by atoms with Crippen molar-refractivity contribution in [3.63, 3.8) is 0 Å². The minimum Gasteiger partial charge on any atom is -0.460 e. The van der Waals surface area contributed by atoms with E-state index in [1.807, 2.05) is 0 Å². The molecule has 0 atom stereocenters. The van der Waals surface area contributed by atoms with Crippen molar-refractivity contribution in [1.82, 2.24) is 0 Å². The molecule has 0 radical (unpaired) electrons. The molecule has 1 aliphatic rings. The van der Waals surface area contributed by atoms with Crippen LogP contribution in [-0.4, -0.2) is 0 Å². The summed E-state index contributed by atoms with van der Waals surface area (Å²) >= 11 is 0. The molecule has 0 bridgehead atoms. The molecule has 1 aliphatic carbocycles. The van der Waals surface area contributed by atoms with Crippen molar-refractivity contribution in [2.45, 2.75) is 20.3 Å². The van der Waals surface area contributed by atoms with Gasteiger partial charge in [0.1, 0.15) is 11.3 Å². The standard InChI is InChI=1S/C15H14O/c1-10-3-6-12-13-7-4-11(2)9-15(13)16-14(12)8-5-10/h3-7,9H,8H2,1-2H3. The maximum Gasteiger partial charge on any atom is 0.135 e. The monoisotopic (exact) mass is 210 g/mol. The van der Waals surface area contributed by atoms with Gasteiger partial charge in [0.05, 0.1) is 0 Å². The van der Waals surface area contributed by atoms with E-state index < -0.39 is 0 Å². The lowest BCUT2D eigenvalue weighted by molar-refractivity contribution is 0.564. The molecule has 2 aromatic rings. The van der Waals surface area contributed by atoms with Crippen LogP contribution in [0.2, 0.25) is 0 Å². The van der Waals surface area contributed by atoms with Gasteiger partial charge in [0, 0.05) is 17.4 Å². The van der Waals surface area contributed by atoms with E-state index >= 15 is 0 Å². The number of hydrogen-bond acceptors (Lipinski definition) is 1. The van der Waals surface area contributed by atoms with Crippen molar-refractivity contribution in [3.05, 3.63) is 52.8 Å². The average Bonchev–Trinajstić information content (AvgIpc) is 2.50. The van der Waals surface area contributed by atoms with E-state index in [1.165, 1.54) is 22.1 Å². The Morgan fingerprint density at radius 3 is 2.88 bits per heavy atom. The largest absolute Gasteiger partial charge is 0.460 e. The minimum absolute atomic E-state index is 0.891. The van der Waals surface area contributed by atoms with Crippen molar-refractivity contribution in [3.8, 4) is 0 Å². The molecule has 1 heterocycles. The van der Waals surface area contributed by atoms with E-state index in [9.17, 15) is 0 Å². The molecule has 0 N–H and O–H groups in total. The van der Waals surface area contributed by atoms with Gasteiger partial charge in [-0.1, -0.05) is 35.9 Å². The van der Waals surface area contributed by atoms with Crippen LogP contribution in [0.4, 0.5) is 0 Å². The first-order chi connectivity index (χ1) is 7.74. The number of rotatable bonds is 0. The van der Waals surface area contributed by atoms with E-state index in [0.717, 1.165) is 17.8 Å². The summed E-state index contributed by atoms with van der Waals surface area (Å²) in [5, 5.41) is 1.22. The Morgan fingerprint density at radius 1 is 1.12 bits per heavy atom. The Kier molecular flexibility index (Phi) is 2.00. The van der Waals surface area contributed by atoms with Gasteiger partial charge >= 0.3 is 0 Å². The second-order valence-corrected chi connectivity index (χ2v) is 4.42. The third kappa shape index (κ3) is 1.40. The van der Waals surface area contributed by atoms with Crippen LogP contribution in [-0.2, 0) is 6.42 Å². The van der Waals surface area contributed by atoms with Crippen LogP contribution in [0.5, 0.6) is 0 Å². The Morgan fingerprint density at radius 2 is 2.00 bits per heavy atom. The first-order valence-corrected chi connectivity index (χ1v) is 5.61. The quantitative estimate of drug-likeness (QED) is 0.633. The first-order valence-electron chi connectivity index (χ1n) is 5.61. The van der Waals surface area contributed by atoms with Crippen molar-refractivity contribution in [1.29, 1.82) is 0 Å². The SMILES string of the molecule is CC1=CCc2oc3cc(C)ccc3c2C=C1. The second kappa shape index (κ2) is 3.38. The molecule has 0 amide bonds. The Hall–Kier alpha value is -1.76. The molecule has 1 aromatic carbocycles. The van der Waals surface area contributed by atoms with Crippen LogP contribution < -0.4 is 0 Å². The fourth-order valence-corrected chi connectivity index (χ4v) is 2.15. The van der Waals surface area contributed by atoms with Crippen molar-refractivity contribution in [2.24, 2.45) is 0 Å². The van der Waals surface area contributed by atoms with Gasteiger partial charge in [-0.15, -0.1) is 0 Å². The molecule has 80 valence electrons. The number of aryl methyl sites for hydroxylation is 1. The van der Waals surface area contributed by atoms with Crippen molar-refractivity contribution >= 4 is 17.0 Å². The highest BCUT2D eigenvalue weighted by molar-refractivity contribution is 5.89. The summed E-state index contributed by atoms with van der Waals surface area (Å²) in [7, 11) is 0. The van der Waals surface area contributed by atoms with Crippen molar-refractivity contribution < 1.29 is 4.42 Å². The summed E-state index contributed by atoms with van der Waals surface area (Å²) in [6.45, 7) is 4.21. The Bertz CT molecular complexity index is 612. The van der Waals surface area contributed by atoms with Gasteiger partial charge in [-0.3, -0.25) is 0 Å². The van der Waals surface area contributed by atoms with Crippen LogP contribution in [0.25, 0.3) is 17.0 Å². The highest BCUT2D eigenvalue weighted by Crippen LogP contribution is 2.30. The molecule has 1 heteroatoms. The van der Waals surface area contributed by atoms with Gasteiger partial charge in [-0.2, -0.15) is 0 Å². The second-order valence-electron chi connectivity index (χ2n) is 4.42. The number of fused-ring (bicyclic) bond motifs is 3. The van der Waals surface area contributed by atoms with E-state index in [1.54, 1.807) is 0 Å². The summed E-state index contributed by atoms with van der Waals surface area (Å²) in [6.07, 6.45) is 7.41. The third-order valence-electron chi connectivity index (χ3n) is 3.08. The van der Waals surface area contributed by atoms with Crippen LogP contribution in [0, 0.1) is 6.92 Å². The minimum atomic E-state index is 0.891. The zero-order valence-electron chi connectivity index (χ0n) is 9.58. The lowest BCUT2D eigenvalue weighted by Gasteiger charge is -1.92. The average molecular weight is 210 g/mol. The smallest absolute Gasteiger partial charge is 0.135 e. The number of benzene rings is 1. The number of allylic oxidation sites excluding steroid dienone is 3. The molecule has 3 rings (SSSR count). The highest BCUT2D eigenvalue weighted by atomic mass is 16.3. The zero-order chi connectivity index (χ0) is 11.1. The van der Waals surface area contributed by atoms with Crippen molar-refractivity contribution in [2.75, 3.05) is 0 Å². The molecular formula is C15H14O. The lowest BCUT2D eigenvalue weighted by Crippen LogP contribution is -1.78. The van der Waals surface area contributed by atoms with E-state index in [0.29, 0.717) is 0 Å². The van der Waals surface area contributed by atoms with Crippen LogP contribution in [0.15, 0.2) is 40.3 Å². The van der Waals surface area contributed by atoms with Gasteiger partial charge < -0.3 is 4.42 Å². The van der Waals surface area contributed by atoms with Gasteiger partial charge in [0.25, 0.3) is 0 Å². The van der Waals surface area contributed by atoms with Gasteiger partial charge in [-0.05, 0) is 25.5 Å². The third-order valence-corrected chi connectivity index (χ3v) is 3.08. The van der Waals surface area contributed by atoms with Crippen LogP contribution in [0.1, 0.15) is 23.8 Å². The summed E-state index contributed by atoms with van der Waals surface area (Å²) in [4.78, 5) is 0. The zero-order valence-corrected chi connectivity index (χ0v) is 9.58. The molecule has 16 heavy (non-hydrogen) atoms. The molecule has 0 unspecified atom stereocenters. The van der Waals surface area contributed by atoms with Crippen LogP contribution in [0.3, 0.4) is 0 Å². The molecule has 0 fully saturated rings. The predicted octanol–water partition coefficient (Wildman–Crippen LogP) is 4.26. The van der Waals surface area contributed by atoms with Crippen LogP contribution >= 0.6 is 0 Å². The van der Waals surface area contributed by atoms with Gasteiger partial charge in [0.2, 0.25) is 0 Å². The molecule has 0 saturated heterocycles. The maximum atomic E-state index is 5.90. The Labute approximate surface area is 95.1 Å². The molecule has 0 spiro atoms. The van der Waals surface area contributed by atoms with Gasteiger partial charge in [-0.25, -0.2) is 0 Å². The molecular weight excluding hydrogens is 196 g/mol. The molecule has 1 aromatic heterocycles. The topological polar surface area (TPSA) is 13.1 Å². The molecule has 1 nitrogen and oxygen atoms in total. The fourth-order valence-electron chi connectivity index (χ4n) is 2.15. The summed E-state index contributed by atoms with van der Waals surface area (Å²) in [5.41, 5.74) is 4.78. The predicted molar refractivity (Wildman–Crippen MR) is 67.4 cm³/mol. The summed E-state index contributed by atoms with van der Waals surface area (Å²) in [5.74, 6) is 1.08. The molecule has 0 aliphatic heterocycles. The number of furan rings is 1. The van der Waals surface area contributed by atoms with E-state index in [-0.39, 0.29) is 0 Å². The molecule has 0 saturated carbocycles. The highest BCUT2D eigenvalue weighted by Gasteiger charge is 2.12. The summed E-state index contributed by atoms with van der Waals surface area (Å²) < 4.78 is 5.90. The van der Waals surface area contributed by atoms with E-state index in [4.69, 9.17) is 4.42 Å². The number of hydrogen-bond donors (Lipinski definition) is 0. The maximum absolute atomic E-state index is 5.90. The normalized spacial score (nSPS) is 14.8. The van der Waals surface area contributed by atoms with E-state index in [2.05, 4.69) is 50.3 Å². The Balaban J connectivity index is 2.28. The fraction of sp³-hybridized carbons (Fsp3) is 0.200. The van der Waals surface area contributed by atoms with Gasteiger partial charge in [0.15, 0.2) is 0 Å².